The van der Waals surface area contributed by atoms with Gasteiger partial charge in [-0.25, -0.2) is 4.79 Å². The zero-order valence-electron chi connectivity index (χ0n) is 30.3. The first-order chi connectivity index (χ1) is 23.2. The molecule has 9 heteroatoms. The lowest BCUT2D eigenvalue weighted by Gasteiger charge is -2.34. The van der Waals surface area contributed by atoms with Crippen molar-refractivity contribution in [2.45, 2.75) is 174 Å². The predicted octanol–water partition coefficient (Wildman–Crippen LogP) is 10.1. The minimum atomic E-state index is -0.916. The number of nitrogen functional groups attached to an aromatic ring is 1. The number of anilines is 1. The van der Waals surface area contributed by atoms with Crippen molar-refractivity contribution in [3.8, 4) is 0 Å². The Morgan fingerprint density at radius 2 is 1.35 bits per heavy atom. The molecule has 48 heavy (non-hydrogen) atoms. The van der Waals surface area contributed by atoms with Crippen molar-refractivity contribution in [1.82, 2.24) is 4.90 Å². The number of rotatable bonds is 26. The van der Waals surface area contributed by atoms with Crippen LogP contribution in [0, 0.1) is 0 Å². The molecule has 0 bridgehead atoms. The summed E-state index contributed by atoms with van der Waals surface area (Å²) in [5.41, 5.74) is 8.22. The normalized spacial score (nSPS) is 14.2. The summed E-state index contributed by atoms with van der Waals surface area (Å²) in [4.78, 5) is 39.7. The van der Waals surface area contributed by atoms with E-state index in [4.69, 9.17) is 19.9 Å². The Morgan fingerprint density at radius 1 is 0.812 bits per heavy atom. The van der Waals surface area contributed by atoms with E-state index in [1.165, 1.54) is 116 Å². The van der Waals surface area contributed by atoms with Crippen molar-refractivity contribution in [2.75, 3.05) is 25.5 Å². The van der Waals surface area contributed by atoms with Gasteiger partial charge in [-0.15, -0.1) is 0 Å². The standard InChI is InChI=1S/C39H65BrN2O6/c1-4-6-7-8-9-10-11-12-13-14-15-16-17-18-22-25-37(44)47-30-35(29-46-31(3)43)48-39(45)32-26-33(38(41)36(40)27-32)28-42(5-2)34-23-20-19-21-24-34/h26-27,34-35H,4-25,28-30,41H2,1-3H3. The maximum absolute atomic E-state index is 13.3. The number of hydrogen-bond donors (Lipinski definition) is 1. The zero-order chi connectivity index (χ0) is 35.0. The smallest absolute Gasteiger partial charge is 0.338 e. The molecule has 0 aromatic heterocycles. The summed E-state index contributed by atoms with van der Waals surface area (Å²) in [7, 11) is 0. The van der Waals surface area contributed by atoms with Crippen LogP contribution in [0.3, 0.4) is 0 Å². The van der Waals surface area contributed by atoms with Gasteiger partial charge in [0.25, 0.3) is 0 Å². The Bertz CT molecular complexity index is 1060. The van der Waals surface area contributed by atoms with Crippen LogP contribution in [-0.2, 0) is 30.3 Å². The summed E-state index contributed by atoms with van der Waals surface area (Å²) in [5.74, 6) is -1.43. The molecule has 2 rings (SSSR count). The highest BCUT2D eigenvalue weighted by Crippen LogP contribution is 2.30. The molecular weight excluding hydrogens is 672 g/mol. The fourth-order valence-corrected chi connectivity index (χ4v) is 7.03. The molecule has 1 saturated carbocycles. The van der Waals surface area contributed by atoms with Crippen molar-refractivity contribution in [3.63, 3.8) is 0 Å². The molecule has 0 amide bonds. The minimum absolute atomic E-state index is 0.176. The van der Waals surface area contributed by atoms with Gasteiger partial charge in [0.05, 0.1) is 11.3 Å². The van der Waals surface area contributed by atoms with Crippen molar-refractivity contribution in [1.29, 1.82) is 0 Å². The molecule has 1 aromatic rings. The summed E-state index contributed by atoms with van der Waals surface area (Å²) in [6, 6.07) is 3.93. The molecule has 2 N–H and O–H groups in total. The number of unbranched alkanes of at least 4 members (excludes halogenated alkanes) is 14. The summed E-state index contributed by atoms with van der Waals surface area (Å²) < 4.78 is 16.9. The van der Waals surface area contributed by atoms with E-state index < -0.39 is 18.0 Å². The molecular formula is C39H65BrN2O6. The van der Waals surface area contributed by atoms with Gasteiger partial charge in [-0.2, -0.15) is 0 Å². The first-order valence-corrected chi connectivity index (χ1v) is 19.9. The molecule has 1 atom stereocenters. The van der Waals surface area contributed by atoms with Gasteiger partial charge in [-0.05, 0) is 59.4 Å². The number of nitrogens with zero attached hydrogens (tertiary/aromatic N) is 1. The fraction of sp³-hybridized carbons (Fsp3) is 0.769. The quantitative estimate of drug-likeness (QED) is 0.0433. The van der Waals surface area contributed by atoms with Crippen LogP contribution in [0.5, 0.6) is 0 Å². The molecule has 1 aliphatic carbocycles. The number of halogens is 1. The lowest BCUT2D eigenvalue weighted by atomic mass is 9.93. The number of nitrogens with two attached hydrogens (primary N) is 1. The second-order valence-electron chi connectivity index (χ2n) is 13.6. The van der Waals surface area contributed by atoms with Gasteiger partial charge in [0.15, 0.2) is 6.10 Å². The summed E-state index contributed by atoms with van der Waals surface area (Å²) in [6.07, 6.45) is 24.4. The summed E-state index contributed by atoms with van der Waals surface area (Å²) >= 11 is 3.52. The van der Waals surface area contributed by atoms with Gasteiger partial charge in [-0.3, -0.25) is 14.5 Å². The molecule has 274 valence electrons. The van der Waals surface area contributed by atoms with Crippen molar-refractivity contribution in [2.24, 2.45) is 0 Å². The van der Waals surface area contributed by atoms with E-state index in [2.05, 4.69) is 34.7 Å². The second kappa shape index (κ2) is 25.8. The van der Waals surface area contributed by atoms with E-state index in [1.54, 1.807) is 12.1 Å². The Balaban J connectivity index is 1.73. The van der Waals surface area contributed by atoms with Gasteiger partial charge in [-0.1, -0.05) is 123 Å². The van der Waals surface area contributed by atoms with Crippen LogP contribution < -0.4 is 5.73 Å². The maximum atomic E-state index is 13.3. The minimum Gasteiger partial charge on any atom is -0.462 e. The third-order valence-corrected chi connectivity index (χ3v) is 10.1. The molecule has 0 radical (unpaired) electrons. The van der Waals surface area contributed by atoms with Crippen molar-refractivity contribution < 1.29 is 28.6 Å². The lowest BCUT2D eigenvalue weighted by Crippen LogP contribution is -2.36. The van der Waals surface area contributed by atoms with E-state index in [-0.39, 0.29) is 19.2 Å². The van der Waals surface area contributed by atoms with Crippen LogP contribution >= 0.6 is 15.9 Å². The molecule has 8 nitrogen and oxygen atoms in total. The van der Waals surface area contributed by atoms with Crippen LogP contribution in [0.1, 0.15) is 172 Å². The lowest BCUT2D eigenvalue weighted by molar-refractivity contribution is -0.151. The first-order valence-electron chi connectivity index (χ1n) is 19.1. The number of carbonyl (C=O) groups is 3. The molecule has 1 unspecified atom stereocenters. The largest absolute Gasteiger partial charge is 0.462 e. The summed E-state index contributed by atoms with van der Waals surface area (Å²) in [6.45, 7) is 6.87. The Morgan fingerprint density at radius 3 is 1.90 bits per heavy atom. The van der Waals surface area contributed by atoms with Crippen LogP contribution in [0.15, 0.2) is 16.6 Å². The third kappa shape index (κ3) is 18.0. The number of benzene rings is 1. The third-order valence-electron chi connectivity index (χ3n) is 9.48. The molecule has 1 fully saturated rings. The van der Waals surface area contributed by atoms with Gasteiger partial charge in [0.1, 0.15) is 13.2 Å². The Hall–Kier alpha value is -2.13. The number of hydrogen-bond acceptors (Lipinski definition) is 8. The van der Waals surface area contributed by atoms with E-state index in [0.717, 1.165) is 31.4 Å². The summed E-state index contributed by atoms with van der Waals surface area (Å²) in [5, 5.41) is 0. The van der Waals surface area contributed by atoms with Gasteiger partial charge in [0.2, 0.25) is 0 Å². The highest BCUT2D eigenvalue weighted by Gasteiger charge is 2.24. The van der Waals surface area contributed by atoms with Crippen molar-refractivity contribution in [3.05, 3.63) is 27.7 Å². The Labute approximate surface area is 299 Å². The molecule has 0 saturated heterocycles. The molecule has 0 spiro atoms. The average molecular weight is 738 g/mol. The van der Waals surface area contributed by atoms with Crippen molar-refractivity contribution >= 4 is 39.5 Å². The fourth-order valence-electron chi connectivity index (χ4n) is 6.53. The van der Waals surface area contributed by atoms with Gasteiger partial charge >= 0.3 is 17.9 Å². The van der Waals surface area contributed by atoms with E-state index >= 15 is 0 Å². The van der Waals surface area contributed by atoms with E-state index in [0.29, 0.717) is 34.7 Å². The van der Waals surface area contributed by atoms with Crippen LogP contribution in [0.2, 0.25) is 0 Å². The highest BCUT2D eigenvalue weighted by atomic mass is 79.9. The molecule has 0 heterocycles. The zero-order valence-corrected chi connectivity index (χ0v) is 31.9. The first kappa shape index (κ1) is 42.0. The monoisotopic (exact) mass is 736 g/mol. The highest BCUT2D eigenvalue weighted by molar-refractivity contribution is 9.10. The second-order valence-corrected chi connectivity index (χ2v) is 14.5. The maximum Gasteiger partial charge on any atom is 0.338 e. The average Bonchev–Trinajstić information content (AvgIpc) is 3.08. The van der Waals surface area contributed by atoms with Crippen LogP contribution in [-0.4, -0.2) is 54.7 Å². The SMILES string of the molecule is CCCCCCCCCCCCCCCCCC(=O)OCC(COC(C)=O)OC(=O)c1cc(Br)c(N)c(CN(CC)C2CCCCC2)c1. The van der Waals surface area contributed by atoms with E-state index in [9.17, 15) is 14.4 Å². The topological polar surface area (TPSA) is 108 Å². The molecule has 1 aliphatic rings. The van der Waals surface area contributed by atoms with Gasteiger partial charge in [0, 0.05) is 30.4 Å². The van der Waals surface area contributed by atoms with Gasteiger partial charge < -0.3 is 19.9 Å². The predicted molar refractivity (Wildman–Crippen MR) is 198 cm³/mol. The number of esters is 3. The Kier molecular flexibility index (Phi) is 22.6. The molecule has 1 aromatic carbocycles. The van der Waals surface area contributed by atoms with Crippen LogP contribution in [0.4, 0.5) is 5.69 Å². The van der Waals surface area contributed by atoms with E-state index in [1.807, 2.05) is 0 Å². The van der Waals surface area contributed by atoms with Crippen LogP contribution in [0.25, 0.3) is 0 Å². The number of carbonyl (C=O) groups excluding carboxylic acids is 3. The number of ether oxygens (including phenoxy) is 3. The molecule has 0 aliphatic heterocycles.